The number of amides is 2. The van der Waals surface area contributed by atoms with E-state index in [9.17, 15) is 18.4 Å². The highest BCUT2D eigenvalue weighted by Crippen LogP contribution is 2.47. The third-order valence-electron chi connectivity index (χ3n) is 9.17. The van der Waals surface area contributed by atoms with Crippen molar-refractivity contribution >= 4 is 37.0 Å². The molecule has 2 amide bonds. The largest absolute Gasteiger partial charge is 0.497 e. The predicted octanol–water partition coefficient (Wildman–Crippen LogP) is 6.29. The van der Waals surface area contributed by atoms with Crippen molar-refractivity contribution in [2.75, 3.05) is 19.5 Å². The highest BCUT2D eigenvalue weighted by Gasteiger charge is 2.52. The molecule has 0 radical (unpaired) electrons. The number of hydrogen-bond donors (Lipinski definition) is 2. The zero-order valence-electron chi connectivity index (χ0n) is 26.3. The lowest BCUT2D eigenvalue weighted by Crippen LogP contribution is -2.59. The van der Waals surface area contributed by atoms with Gasteiger partial charge in [-0.05, 0) is 67.7 Å². The van der Waals surface area contributed by atoms with Crippen LogP contribution in [0, 0.1) is 0 Å². The second kappa shape index (κ2) is 12.0. The van der Waals surface area contributed by atoms with Crippen molar-refractivity contribution in [3.05, 3.63) is 48.2 Å². The normalized spacial score (nSPS) is 18.1. The van der Waals surface area contributed by atoms with E-state index < -0.39 is 56.5 Å². The molecule has 12 heteroatoms. The number of anilines is 1. The van der Waals surface area contributed by atoms with Gasteiger partial charge in [-0.15, -0.1) is 0 Å². The minimum atomic E-state index is -2.86. The second-order valence-corrected chi connectivity index (χ2v) is 17.9. The van der Waals surface area contributed by atoms with E-state index in [-0.39, 0.29) is 17.9 Å². The number of H-pyrrole nitrogens is 1. The fourth-order valence-corrected chi connectivity index (χ4v) is 6.96. The average molecular weight is 616 g/mol. The Hall–Kier alpha value is -3.38. The molecule has 1 saturated carbocycles. The number of likely N-dealkylation sites (N-methyl/N-ethyl adjacent to an activating group) is 1. The summed E-state index contributed by atoms with van der Waals surface area (Å²) in [4.78, 5) is 34.5. The van der Waals surface area contributed by atoms with Gasteiger partial charge in [0.2, 0.25) is 11.8 Å². The number of aromatic amines is 1. The van der Waals surface area contributed by atoms with E-state index in [2.05, 4.69) is 54.4 Å². The minimum Gasteiger partial charge on any atom is -0.497 e. The van der Waals surface area contributed by atoms with Crippen LogP contribution in [0.5, 0.6) is 5.75 Å². The highest BCUT2D eigenvalue weighted by molar-refractivity contribution is 6.74. The number of alkyl halides is 2. The van der Waals surface area contributed by atoms with Crippen molar-refractivity contribution < 1.29 is 27.5 Å². The fourth-order valence-electron chi connectivity index (χ4n) is 5.55. The summed E-state index contributed by atoms with van der Waals surface area (Å²) in [7, 11) is 0.710. The molecule has 0 unspecified atom stereocenters. The van der Waals surface area contributed by atoms with Gasteiger partial charge in [-0.1, -0.05) is 32.9 Å². The molecular formula is C31H43F2N5O4Si. The molecule has 9 nitrogen and oxygen atoms in total. The van der Waals surface area contributed by atoms with Gasteiger partial charge in [-0.3, -0.25) is 14.7 Å². The Balaban J connectivity index is 1.72. The van der Waals surface area contributed by atoms with Crippen LogP contribution >= 0.6 is 0 Å². The molecule has 2 atom stereocenters. The summed E-state index contributed by atoms with van der Waals surface area (Å²) in [5.74, 6) is -2.86. The second-order valence-electron chi connectivity index (χ2n) is 13.1. The van der Waals surface area contributed by atoms with Gasteiger partial charge in [0.1, 0.15) is 23.1 Å². The first-order valence-electron chi connectivity index (χ1n) is 14.6. The first-order chi connectivity index (χ1) is 20.0. The number of nitrogens with one attached hydrogen (secondary N) is 2. The highest BCUT2D eigenvalue weighted by atomic mass is 28.4. The van der Waals surface area contributed by atoms with Crippen LogP contribution in [0.1, 0.15) is 58.9 Å². The molecule has 1 aliphatic rings. The number of fused-ring (bicyclic) bond motifs is 1. The fraction of sp³-hybridized carbons (Fsp3) is 0.548. The standard InChI is InChI=1S/C31H43F2N5O4Si/c1-20(42-43(7,8)29(2,3)4)26(27(39)36-25-14-13-23-24(35-25)19-34-37-23)38(5)28(40)30(15-17-31(32,33)18-16-30)21-9-11-22(41-6)12-10-21/h9-14,19-20,26H,15-18H2,1-8H3,(H,34,37)(H,35,36,39)/t20-,26-/m1/s1. The molecule has 2 heterocycles. The SMILES string of the molecule is COc1ccc(C2(C(=O)N(C)[C@@H](C(=O)Nc3ccc4[nH]ncc4n3)[C@@H](C)O[Si](C)(C)C(C)(C)C)CCC(F)(F)CC2)cc1. The average Bonchev–Trinajstić information content (AvgIpc) is 3.40. The van der Waals surface area contributed by atoms with Crippen LogP contribution in [0.25, 0.3) is 11.0 Å². The molecule has 1 aliphatic carbocycles. The molecule has 234 valence electrons. The molecule has 4 rings (SSSR count). The summed E-state index contributed by atoms with van der Waals surface area (Å²) >= 11 is 0. The molecule has 0 spiro atoms. The van der Waals surface area contributed by atoms with E-state index in [1.807, 2.05) is 0 Å². The number of methoxy groups -OCH3 is 1. The van der Waals surface area contributed by atoms with Gasteiger partial charge in [0.05, 0.1) is 30.3 Å². The monoisotopic (exact) mass is 615 g/mol. The number of aromatic nitrogens is 3. The maximum atomic E-state index is 14.6. The van der Waals surface area contributed by atoms with Gasteiger partial charge < -0.3 is 19.4 Å². The van der Waals surface area contributed by atoms with Crippen LogP contribution in [-0.2, 0) is 19.4 Å². The van der Waals surface area contributed by atoms with Crippen molar-refractivity contribution in [2.24, 2.45) is 0 Å². The molecule has 1 fully saturated rings. The Morgan fingerprint density at radius 2 is 1.70 bits per heavy atom. The number of carbonyl (C=O) groups is 2. The topological polar surface area (TPSA) is 109 Å². The van der Waals surface area contributed by atoms with Crippen LogP contribution in [0.2, 0.25) is 18.1 Å². The first kappa shape index (κ1) is 32.5. The van der Waals surface area contributed by atoms with Gasteiger partial charge in [-0.2, -0.15) is 5.10 Å². The molecule has 2 aromatic heterocycles. The maximum absolute atomic E-state index is 14.6. The molecular weight excluding hydrogens is 572 g/mol. The summed E-state index contributed by atoms with van der Waals surface area (Å²) in [6.07, 6.45) is -0.121. The quantitative estimate of drug-likeness (QED) is 0.274. The zero-order chi connectivity index (χ0) is 31.8. The summed E-state index contributed by atoms with van der Waals surface area (Å²) < 4.78 is 40.8. The number of hydrogen-bond acceptors (Lipinski definition) is 6. The van der Waals surface area contributed by atoms with E-state index in [4.69, 9.17) is 9.16 Å². The van der Waals surface area contributed by atoms with Crippen LogP contribution in [0.4, 0.5) is 14.6 Å². The number of benzene rings is 1. The minimum absolute atomic E-state index is 0.0555. The predicted molar refractivity (Wildman–Crippen MR) is 165 cm³/mol. The Bertz CT molecular complexity index is 1440. The molecule has 0 bridgehead atoms. The van der Waals surface area contributed by atoms with Crippen LogP contribution in [0.3, 0.4) is 0 Å². The van der Waals surface area contributed by atoms with Gasteiger partial charge in [0.25, 0.3) is 5.91 Å². The van der Waals surface area contributed by atoms with Crippen LogP contribution < -0.4 is 10.1 Å². The van der Waals surface area contributed by atoms with E-state index in [1.54, 1.807) is 56.6 Å². The molecule has 2 N–H and O–H groups in total. The van der Waals surface area contributed by atoms with E-state index >= 15 is 0 Å². The first-order valence-corrected chi connectivity index (χ1v) is 17.5. The molecule has 0 aliphatic heterocycles. The van der Waals surface area contributed by atoms with E-state index in [1.165, 1.54) is 12.0 Å². The van der Waals surface area contributed by atoms with E-state index in [0.29, 0.717) is 28.2 Å². The van der Waals surface area contributed by atoms with Gasteiger partial charge >= 0.3 is 0 Å². The van der Waals surface area contributed by atoms with Gasteiger partial charge in [0.15, 0.2) is 8.32 Å². The Kier molecular flexibility index (Phi) is 9.04. The number of pyridine rings is 1. The number of nitrogens with zero attached hydrogens (tertiary/aromatic N) is 3. The third-order valence-corrected chi connectivity index (χ3v) is 13.7. The van der Waals surface area contributed by atoms with Crippen molar-refractivity contribution in [3.8, 4) is 5.75 Å². The third kappa shape index (κ3) is 6.74. The number of carbonyl (C=O) groups excluding carboxylic acids is 2. The summed E-state index contributed by atoms with van der Waals surface area (Å²) in [6.45, 7) is 12.2. The van der Waals surface area contributed by atoms with Gasteiger partial charge in [-0.25, -0.2) is 13.8 Å². The Morgan fingerprint density at radius 1 is 1.07 bits per heavy atom. The smallest absolute Gasteiger partial charge is 0.250 e. The summed E-state index contributed by atoms with van der Waals surface area (Å²) in [5.41, 5.74) is 0.661. The number of rotatable bonds is 9. The van der Waals surface area contributed by atoms with Crippen molar-refractivity contribution in [1.82, 2.24) is 20.1 Å². The Morgan fingerprint density at radius 3 is 2.28 bits per heavy atom. The summed E-state index contributed by atoms with van der Waals surface area (Å²) in [6, 6.07) is 9.29. The zero-order valence-corrected chi connectivity index (χ0v) is 27.3. The molecule has 0 saturated heterocycles. The summed E-state index contributed by atoms with van der Waals surface area (Å²) in [5, 5.41) is 9.51. The lowest BCUT2D eigenvalue weighted by molar-refractivity contribution is -0.149. The van der Waals surface area contributed by atoms with Gasteiger partial charge in [0, 0.05) is 19.9 Å². The lowest BCUT2D eigenvalue weighted by atomic mass is 9.67. The van der Waals surface area contributed by atoms with E-state index in [0.717, 1.165) is 0 Å². The lowest BCUT2D eigenvalue weighted by Gasteiger charge is -2.45. The van der Waals surface area contributed by atoms with Crippen LogP contribution in [0.15, 0.2) is 42.6 Å². The van der Waals surface area contributed by atoms with Crippen molar-refractivity contribution in [1.29, 1.82) is 0 Å². The van der Waals surface area contributed by atoms with Crippen molar-refractivity contribution in [3.63, 3.8) is 0 Å². The molecule has 3 aromatic rings. The number of halogens is 2. The Labute approximate surface area is 252 Å². The van der Waals surface area contributed by atoms with Crippen molar-refractivity contribution in [2.45, 2.75) is 95.0 Å². The maximum Gasteiger partial charge on any atom is 0.250 e. The molecule has 43 heavy (non-hydrogen) atoms. The number of ether oxygens (including phenoxy) is 1. The van der Waals surface area contributed by atoms with Crippen LogP contribution in [-0.4, -0.2) is 72.4 Å². The molecule has 1 aromatic carbocycles.